The molecule has 1 aliphatic carbocycles. The van der Waals surface area contributed by atoms with E-state index in [4.69, 9.17) is 5.26 Å². The van der Waals surface area contributed by atoms with Crippen LogP contribution in [0.4, 0.5) is 5.13 Å². The lowest BCUT2D eigenvalue weighted by atomic mass is 10.2. The number of hydrogen-bond donors (Lipinski definition) is 1. The van der Waals surface area contributed by atoms with Crippen molar-refractivity contribution in [3.8, 4) is 17.3 Å². The maximum atomic E-state index is 8.75. The molecule has 0 saturated heterocycles. The Morgan fingerprint density at radius 2 is 2.27 bits per heavy atom. The van der Waals surface area contributed by atoms with E-state index in [0.29, 0.717) is 6.42 Å². The van der Waals surface area contributed by atoms with Crippen LogP contribution >= 0.6 is 11.3 Å². The van der Waals surface area contributed by atoms with E-state index in [1.165, 1.54) is 0 Å². The summed E-state index contributed by atoms with van der Waals surface area (Å²) < 4.78 is 0. The maximum absolute atomic E-state index is 8.75. The number of nitrogens with one attached hydrogen (secondary N) is 1. The van der Waals surface area contributed by atoms with Crippen molar-refractivity contribution in [3.05, 3.63) is 65.5 Å². The van der Waals surface area contributed by atoms with Gasteiger partial charge in [0.05, 0.1) is 18.2 Å². The molecule has 5 heteroatoms. The average molecular weight is 306 g/mol. The largest absolute Gasteiger partial charge is 0.332 e. The molecular weight excluding hydrogens is 292 g/mol. The second-order valence-electron chi connectivity index (χ2n) is 4.75. The lowest BCUT2D eigenvalue weighted by molar-refractivity contribution is 1.23. The number of nitriles is 1. The first-order valence-electron chi connectivity index (χ1n) is 6.92. The van der Waals surface area contributed by atoms with Crippen LogP contribution < -0.4 is 5.32 Å². The highest BCUT2D eigenvalue weighted by Gasteiger charge is 2.06. The van der Waals surface area contributed by atoms with E-state index in [1.807, 2.05) is 35.9 Å². The van der Waals surface area contributed by atoms with Crippen molar-refractivity contribution < 1.29 is 0 Å². The van der Waals surface area contributed by atoms with Crippen LogP contribution in [0.3, 0.4) is 0 Å². The first kappa shape index (κ1) is 14.2. The lowest BCUT2D eigenvalue weighted by Crippen LogP contribution is -1.96. The predicted molar refractivity (Wildman–Crippen MR) is 89.1 cm³/mol. The first-order valence-corrected chi connectivity index (χ1v) is 7.80. The zero-order valence-electron chi connectivity index (χ0n) is 11.9. The molecule has 0 saturated carbocycles. The number of allylic oxidation sites excluding steroid dienone is 5. The summed E-state index contributed by atoms with van der Waals surface area (Å²) in [5, 5.41) is 14.9. The predicted octanol–water partition coefficient (Wildman–Crippen LogP) is 4.30. The lowest BCUT2D eigenvalue weighted by Gasteiger charge is -2.02. The number of anilines is 1. The van der Waals surface area contributed by atoms with Gasteiger partial charge in [0.1, 0.15) is 0 Å². The van der Waals surface area contributed by atoms with Gasteiger partial charge in [-0.1, -0.05) is 18.2 Å². The molecule has 1 aliphatic rings. The van der Waals surface area contributed by atoms with E-state index in [9.17, 15) is 0 Å². The zero-order chi connectivity index (χ0) is 15.2. The van der Waals surface area contributed by atoms with Crippen LogP contribution in [0.15, 0.2) is 65.5 Å². The van der Waals surface area contributed by atoms with Gasteiger partial charge in [-0.05, 0) is 30.2 Å². The van der Waals surface area contributed by atoms with E-state index in [0.717, 1.165) is 34.1 Å². The molecule has 108 valence electrons. The van der Waals surface area contributed by atoms with E-state index in [-0.39, 0.29) is 0 Å². The molecule has 0 atom stereocenters. The molecule has 0 amide bonds. The Kier molecular flexibility index (Phi) is 4.42. The molecule has 22 heavy (non-hydrogen) atoms. The Labute approximate surface area is 133 Å². The van der Waals surface area contributed by atoms with Crippen LogP contribution in [0.5, 0.6) is 0 Å². The molecular formula is C17H14N4S. The second-order valence-corrected chi connectivity index (χ2v) is 5.61. The third-order valence-corrected chi connectivity index (χ3v) is 3.95. The van der Waals surface area contributed by atoms with Gasteiger partial charge in [-0.25, -0.2) is 4.98 Å². The molecule has 3 rings (SSSR count). The summed E-state index contributed by atoms with van der Waals surface area (Å²) in [5.41, 5.74) is 3.97. The second kappa shape index (κ2) is 6.83. The van der Waals surface area contributed by atoms with Gasteiger partial charge in [-0.15, -0.1) is 11.3 Å². The Hall–Kier alpha value is -2.71. The third kappa shape index (κ3) is 3.48. The maximum Gasteiger partial charge on any atom is 0.187 e. The quantitative estimate of drug-likeness (QED) is 0.914. The number of thiazole rings is 1. The van der Waals surface area contributed by atoms with Crippen molar-refractivity contribution >= 4 is 16.5 Å². The van der Waals surface area contributed by atoms with Crippen LogP contribution in [-0.2, 0) is 0 Å². The fourth-order valence-electron chi connectivity index (χ4n) is 2.09. The molecule has 2 aromatic rings. The molecule has 1 N–H and O–H groups in total. The molecule has 0 unspecified atom stereocenters. The topological polar surface area (TPSA) is 61.6 Å². The standard InChI is InChI=1S/C17H14N4S/c18-9-8-13-3-1-5-15(7-6-13)20-17-21-16(12-22-17)14-4-2-10-19-11-14/h2-7,10-12H,1,8H2,(H,20,21). The molecule has 0 spiro atoms. The molecule has 0 radical (unpaired) electrons. The average Bonchev–Trinajstić information content (AvgIpc) is 2.90. The number of pyridine rings is 1. The highest BCUT2D eigenvalue weighted by atomic mass is 32.1. The van der Waals surface area contributed by atoms with Gasteiger partial charge in [-0.2, -0.15) is 5.26 Å². The SMILES string of the molecule is N#CCC1=CCC=C(Nc2nc(-c3cccnc3)cs2)C=C1. The highest BCUT2D eigenvalue weighted by molar-refractivity contribution is 7.14. The summed E-state index contributed by atoms with van der Waals surface area (Å²) in [7, 11) is 0. The Balaban J connectivity index is 1.70. The van der Waals surface area contributed by atoms with Crippen LogP contribution in [0, 0.1) is 11.3 Å². The van der Waals surface area contributed by atoms with E-state index < -0.39 is 0 Å². The van der Waals surface area contributed by atoms with Crippen LogP contribution in [0.2, 0.25) is 0 Å². The number of hydrogen-bond acceptors (Lipinski definition) is 5. The summed E-state index contributed by atoms with van der Waals surface area (Å²) in [4.78, 5) is 8.70. The van der Waals surface area contributed by atoms with Crippen LogP contribution in [0.1, 0.15) is 12.8 Å². The van der Waals surface area contributed by atoms with E-state index in [1.54, 1.807) is 17.5 Å². The molecule has 0 fully saturated rings. The van der Waals surface area contributed by atoms with Gasteiger partial charge in [0.2, 0.25) is 0 Å². The summed E-state index contributed by atoms with van der Waals surface area (Å²) in [6.45, 7) is 0. The van der Waals surface area contributed by atoms with Crippen molar-refractivity contribution in [3.63, 3.8) is 0 Å². The normalized spacial score (nSPS) is 13.8. The highest BCUT2D eigenvalue weighted by Crippen LogP contribution is 2.25. The summed E-state index contributed by atoms with van der Waals surface area (Å²) in [5.74, 6) is 0. The minimum absolute atomic E-state index is 0.444. The number of aromatic nitrogens is 2. The van der Waals surface area contributed by atoms with E-state index >= 15 is 0 Å². The summed E-state index contributed by atoms with van der Waals surface area (Å²) in [6, 6.07) is 6.07. The van der Waals surface area contributed by atoms with Crippen molar-refractivity contribution in [2.75, 3.05) is 5.32 Å². The van der Waals surface area contributed by atoms with Crippen molar-refractivity contribution in [1.29, 1.82) is 5.26 Å². The van der Waals surface area contributed by atoms with Gasteiger partial charge in [0.15, 0.2) is 5.13 Å². The van der Waals surface area contributed by atoms with Gasteiger partial charge >= 0.3 is 0 Å². The molecule has 2 aromatic heterocycles. The summed E-state index contributed by atoms with van der Waals surface area (Å²) >= 11 is 1.56. The van der Waals surface area contributed by atoms with Crippen LogP contribution in [0.25, 0.3) is 11.3 Å². The molecule has 0 aliphatic heterocycles. The molecule has 2 heterocycles. The van der Waals surface area contributed by atoms with Crippen molar-refractivity contribution in [2.24, 2.45) is 0 Å². The minimum atomic E-state index is 0.444. The Bertz CT molecular complexity index is 778. The smallest absolute Gasteiger partial charge is 0.187 e. The number of nitrogens with zero attached hydrogens (tertiary/aromatic N) is 3. The minimum Gasteiger partial charge on any atom is -0.332 e. The molecule has 0 aromatic carbocycles. The zero-order valence-corrected chi connectivity index (χ0v) is 12.7. The fourth-order valence-corrected chi connectivity index (χ4v) is 2.83. The number of rotatable bonds is 4. The summed E-state index contributed by atoms with van der Waals surface area (Å²) in [6.07, 6.45) is 12.9. The molecule has 0 bridgehead atoms. The van der Waals surface area contributed by atoms with Crippen molar-refractivity contribution in [1.82, 2.24) is 9.97 Å². The monoisotopic (exact) mass is 306 g/mol. The van der Waals surface area contributed by atoms with Gasteiger partial charge in [0.25, 0.3) is 0 Å². The fraction of sp³-hybridized carbons (Fsp3) is 0.118. The van der Waals surface area contributed by atoms with Gasteiger partial charge < -0.3 is 5.32 Å². The Morgan fingerprint density at radius 1 is 1.32 bits per heavy atom. The third-order valence-electron chi connectivity index (χ3n) is 3.19. The molecule has 4 nitrogen and oxygen atoms in total. The van der Waals surface area contributed by atoms with Gasteiger partial charge in [0, 0.05) is 29.0 Å². The van der Waals surface area contributed by atoms with Gasteiger partial charge in [-0.3, -0.25) is 4.98 Å². The van der Waals surface area contributed by atoms with E-state index in [2.05, 4.69) is 33.5 Å². The van der Waals surface area contributed by atoms with Crippen LogP contribution in [-0.4, -0.2) is 9.97 Å². The Morgan fingerprint density at radius 3 is 3.09 bits per heavy atom. The van der Waals surface area contributed by atoms with Crippen molar-refractivity contribution in [2.45, 2.75) is 12.8 Å². The first-order chi connectivity index (χ1) is 10.8.